The third kappa shape index (κ3) is 5.20. The molecule has 0 aliphatic carbocycles. The summed E-state index contributed by atoms with van der Waals surface area (Å²) in [6.45, 7) is 11.5. The standard InChI is InChI=1S/C20H25N/c1-17(2)18(3)14-21(15-19-10-6-4-7-11-19)16-20-12-8-5-9-13-20/h4-13,18H,1,14-16H2,2-3H3. The second-order valence-corrected chi connectivity index (χ2v) is 5.89. The van der Waals surface area contributed by atoms with Gasteiger partial charge in [-0.2, -0.15) is 0 Å². The van der Waals surface area contributed by atoms with E-state index >= 15 is 0 Å². The Morgan fingerprint density at radius 2 is 1.33 bits per heavy atom. The monoisotopic (exact) mass is 279 g/mol. The average molecular weight is 279 g/mol. The summed E-state index contributed by atoms with van der Waals surface area (Å²) in [7, 11) is 0. The first-order valence-corrected chi connectivity index (χ1v) is 7.60. The summed E-state index contributed by atoms with van der Waals surface area (Å²) in [5.74, 6) is 0.512. The van der Waals surface area contributed by atoms with Gasteiger partial charge in [0.25, 0.3) is 0 Å². The van der Waals surface area contributed by atoms with E-state index in [1.807, 2.05) is 0 Å². The second kappa shape index (κ2) is 7.80. The molecule has 1 heteroatoms. The highest BCUT2D eigenvalue weighted by Crippen LogP contribution is 2.15. The van der Waals surface area contributed by atoms with Crippen LogP contribution in [-0.4, -0.2) is 11.4 Å². The van der Waals surface area contributed by atoms with Crippen LogP contribution in [0, 0.1) is 5.92 Å². The molecule has 1 unspecified atom stereocenters. The van der Waals surface area contributed by atoms with Gasteiger partial charge in [0.15, 0.2) is 0 Å². The van der Waals surface area contributed by atoms with Gasteiger partial charge in [-0.1, -0.05) is 79.7 Å². The van der Waals surface area contributed by atoms with Crippen LogP contribution in [-0.2, 0) is 13.1 Å². The van der Waals surface area contributed by atoms with Crippen molar-refractivity contribution in [2.75, 3.05) is 6.54 Å². The molecule has 0 fully saturated rings. The molecule has 0 amide bonds. The van der Waals surface area contributed by atoms with Gasteiger partial charge in [-0.05, 0) is 24.0 Å². The van der Waals surface area contributed by atoms with Gasteiger partial charge in [-0.15, -0.1) is 0 Å². The molecule has 0 spiro atoms. The van der Waals surface area contributed by atoms with E-state index in [1.165, 1.54) is 16.7 Å². The summed E-state index contributed by atoms with van der Waals surface area (Å²) in [6.07, 6.45) is 0. The van der Waals surface area contributed by atoms with E-state index in [2.05, 4.69) is 86.0 Å². The van der Waals surface area contributed by atoms with Crippen LogP contribution in [0.2, 0.25) is 0 Å². The summed E-state index contributed by atoms with van der Waals surface area (Å²) >= 11 is 0. The lowest BCUT2D eigenvalue weighted by Gasteiger charge is -2.26. The van der Waals surface area contributed by atoms with E-state index in [9.17, 15) is 0 Å². The van der Waals surface area contributed by atoms with Crippen molar-refractivity contribution < 1.29 is 0 Å². The molecule has 21 heavy (non-hydrogen) atoms. The van der Waals surface area contributed by atoms with Crippen LogP contribution in [0.4, 0.5) is 0 Å². The Labute approximate surface area is 128 Å². The number of hydrogen-bond donors (Lipinski definition) is 0. The lowest BCUT2D eigenvalue weighted by molar-refractivity contribution is 0.233. The summed E-state index contributed by atoms with van der Waals surface area (Å²) in [6, 6.07) is 21.4. The molecule has 2 aromatic rings. The van der Waals surface area contributed by atoms with Crippen LogP contribution in [0.1, 0.15) is 25.0 Å². The van der Waals surface area contributed by atoms with E-state index in [1.54, 1.807) is 0 Å². The fourth-order valence-electron chi connectivity index (χ4n) is 2.41. The van der Waals surface area contributed by atoms with Crippen LogP contribution >= 0.6 is 0 Å². The Morgan fingerprint density at radius 1 is 0.905 bits per heavy atom. The van der Waals surface area contributed by atoms with Crippen LogP contribution < -0.4 is 0 Å². The molecule has 0 aliphatic heterocycles. The third-order valence-electron chi connectivity index (χ3n) is 3.87. The molecular formula is C20H25N. The van der Waals surface area contributed by atoms with Gasteiger partial charge in [-0.3, -0.25) is 4.90 Å². The van der Waals surface area contributed by atoms with Crippen molar-refractivity contribution in [3.63, 3.8) is 0 Å². The fraction of sp³-hybridized carbons (Fsp3) is 0.300. The highest BCUT2D eigenvalue weighted by Gasteiger charge is 2.12. The molecule has 0 heterocycles. The minimum atomic E-state index is 0.512. The predicted octanol–water partition coefficient (Wildman–Crippen LogP) is 4.90. The largest absolute Gasteiger partial charge is 0.294 e. The maximum Gasteiger partial charge on any atom is 0.0237 e. The van der Waals surface area contributed by atoms with Crippen molar-refractivity contribution in [3.8, 4) is 0 Å². The summed E-state index contributed by atoms with van der Waals surface area (Å²) in [4.78, 5) is 2.50. The minimum absolute atomic E-state index is 0.512. The number of rotatable bonds is 7. The molecule has 1 nitrogen and oxygen atoms in total. The van der Waals surface area contributed by atoms with Gasteiger partial charge < -0.3 is 0 Å². The van der Waals surface area contributed by atoms with E-state index in [0.29, 0.717) is 5.92 Å². The van der Waals surface area contributed by atoms with E-state index in [-0.39, 0.29) is 0 Å². The molecule has 2 rings (SSSR count). The maximum absolute atomic E-state index is 4.10. The normalized spacial score (nSPS) is 12.3. The van der Waals surface area contributed by atoms with Gasteiger partial charge in [-0.25, -0.2) is 0 Å². The first-order chi connectivity index (χ1) is 10.1. The van der Waals surface area contributed by atoms with Crippen molar-refractivity contribution in [2.45, 2.75) is 26.9 Å². The van der Waals surface area contributed by atoms with E-state index in [0.717, 1.165) is 19.6 Å². The zero-order chi connectivity index (χ0) is 15.1. The molecule has 0 aliphatic rings. The number of benzene rings is 2. The Hall–Kier alpha value is -1.86. The second-order valence-electron chi connectivity index (χ2n) is 5.89. The molecule has 0 N–H and O–H groups in total. The molecule has 1 atom stereocenters. The summed E-state index contributed by atoms with van der Waals surface area (Å²) < 4.78 is 0. The van der Waals surface area contributed by atoms with Gasteiger partial charge in [0.05, 0.1) is 0 Å². The lowest BCUT2D eigenvalue weighted by atomic mass is 10.0. The molecule has 2 aromatic carbocycles. The molecule has 0 saturated heterocycles. The van der Waals surface area contributed by atoms with Gasteiger partial charge in [0, 0.05) is 19.6 Å². The zero-order valence-electron chi connectivity index (χ0n) is 13.1. The molecular weight excluding hydrogens is 254 g/mol. The highest BCUT2D eigenvalue weighted by molar-refractivity contribution is 5.17. The van der Waals surface area contributed by atoms with Crippen molar-refractivity contribution in [3.05, 3.63) is 83.9 Å². The zero-order valence-corrected chi connectivity index (χ0v) is 13.1. The smallest absolute Gasteiger partial charge is 0.0237 e. The topological polar surface area (TPSA) is 3.24 Å². The maximum atomic E-state index is 4.10. The minimum Gasteiger partial charge on any atom is -0.294 e. The summed E-state index contributed by atoms with van der Waals surface area (Å²) in [5, 5.41) is 0. The molecule has 0 saturated carbocycles. The Morgan fingerprint density at radius 3 is 1.71 bits per heavy atom. The SMILES string of the molecule is C=C(C)C(C)CN(Cc1ccccc1)Cc1ccccc1. The highest BCUT2D eigenvalue weighted by atomic mass is 15.1. The van der Waals surface area contributed by atoms with Crippen LogP contribution in [0.5, 0.6) is 0 Å². The van der Waals surface area contributed by atoms with Crippen LogP contribution in [0.3, 0.4) is 0 Å². The van der Waals surface area contributed by atoms with Crippen molar-refractivity contribution >= 4 is 0 Å². The first kappa shape index (κ1) is 15.5. The molecule has 0 bridgehead atoms. The van der Waals surface area contributed by atoms with Crippen molar-refractivity contribution in [1.82, 2.24) is 4.90 Å². The number of nitrogens with zero attached hydrogens (tertiary/aromatic N) is 1. The number of hydrogen-bond acceptors (Lipinski definition) is 1. The van der Waals surface area contributed by atoms with Gasteiger partial charge >= 0.3 is 0 Å². The van der Waals surface area contributed by atoms with Crippen LogP contribution in [0.25, 0.3) is 0 Å². The van der Waals surface area contributed by atoms with Gasteiger partial charge in [0.1, 0.15) is 0 Å². The first-order valence-electron chi connectivity index (χ1n) is 7.60. The van der Waals surface area contributed by atoms with Crippen molar-refractivity contribution in [2.24, 2.45) is 5.92 Å². The molecule has 0 aromatic heterocycles. The van der Waals surface area contributed by atoms with E-state index < -0.39 is 0 Å². The van der Waals surface area contributed by atoms with Gasteiger partial charge in [0.2, 0.25) is 0 Å². The predicted molar refractivity (Wildman–Crippen MR) is 91.0 cm³/mol. The quantitative estimate of drug-likeness (QED) is 0.651. The fourth-order valence-corrected chi connectivity index (χ4v) is 2.41. The Bertz CT molecular complexity index is 503. The van der Waals surface area contributed by atoms with E-state index in [4.69, 9.17) is 0 Å². The summed E-state index contributed by atoms with van der Waals surface area (Å²) in [5.41, 5.74) is 3.98. The average Bonchev–Trinajstić information content (AvgIpc) is 2.49. The molecule has 110 valence electrons. The third-order valence-corrected chi connectivity index (χ3v) is 3.87. The Kier molecular flexibility index (Phi) is 5.77. The van der Waals surface area contributed by atoms with Crippen molar-refractivity contribution in [1.29, 1.82) is 0 Å². The molecule has 0 radical (unpaired) electrons. The van der Waals surface area contributed by atoms with Crippen LogP contribution in [0.15, 0.2) is 72.8 Å². The Balaban J connectivity index is 2.08. The lowest BCUT2D eigenvalue weighted by Crippen LogP contribution is -2.28.